The van der Waals surface area contributed by atoms with Crippen LogP contribution < -0.4 is 9.47 Å². The molecule has 0 radical (unpaired) electrons. The number of nitrogens with zero attached hydrogens (tertiary/aromatic N) is 2. The molecule has 1 saturated heterocycles. The fraction of sp³-hybridized carbons (Fsp3) is 0.167. The van der Waals surface area contributed by atoms with Crippen molar-refractivity contribution in [1.82, 2.24) is 4.90 Å². The molecule has 1 fully saturated rings. The summed E-state index contributed by atoms with van der Waals surface area (Å²) in [5, 5.41) is 11.2. The van der Waals surface area contributed by atoms with Crippen LogP contribution in [0.2, 0.25) is 0 Å². The van der Waals surface area contributed by atoms with Gasteiger partial charge in [0.2, 0.25) is 6.79 Å². The first-order valence-electron chi connectivity index (χ1n) is 5.77. The van der Waals surface area contributed by atoms with Gasteiger partial charge in [0.05, 0.1) is 21.5 Å². The van der Waals surface area contributed by atoms with Gasteiger partial charge < -0.3 is 9.47 Å². The van der Waals surface area contributed by atoms with E-state index in [2.05, 4.69) is 0 Å². The number of carbonyl (C=O) groups is 1. The summed E-state index contributed by atoms with van der Waals surface area (Å²) < 4.78 is 10.7. The highest BCUT2D eigenvalue weighted by Gasteiger charge is 2.30. The summed E-state index contributed by atoms with van der Waals surface area (Å²) in [4.78, 5) is 24.3. The van der Waals surface area contributed by atoms with Crippen molar-refractivity contribution in [2.24, 2.45) is 0 Å². The zero-order chi connectivity index (χ0) is 15.1. The molecule has 0 aromatic heterocycles. The van der Waals surface area contributed by atoms with Gasteiger partial charge in [0.15, 0.2) is 11.5 Å². The minimum Gasteiger partial charge on any atom is -0.454 e. The highest BCUT2D eigenvalue weighted by atomic mass is 32.2. The molecule has 0 bridgehead atoms. The van der Waals surface area contributed by atoms with Crippen LogP contribution in [0.15, 0.2) is 17.0 Å². The molecule has 1 aromatic carbocycles. The van der Waals surface area contributed by atoms with Crippen molar-refractivity contribution < 1.29 is 19.2 Å². The lowest BCUT2D eigenvalue weighted by atomic mass is 10.1. The average molecular weight is 324 g/mol. The fourth-order valence-electron chi connectivity index (χ4n) is 1.91. The van der Waals surface area contributed by atoms with Gasteiger partial charge in [-0.2, -0.15) is 0 Å². The van der Waals surface area contributed by atoms with E-state index in [9.17, 15) is 14.9 Å². The lowest BCUT2D eigenvalue weighted by Crippen LogP contribution is -2.22. The minimum atomic E-state index is -0.527. The number of nitro groups is 1. The third kappa shape index (κ3) is 2.34. The highest BCUT2D eigenvalue weighted by molar-refractivity contribution is 8.26. The molecule has 3 rings (SSSR count). The summed E-state index contributed by atoms with van der Waals surface area (Å²) in [6.07, 6.45) is 1.45. The lowest BCUT2D eigenvalue weighted by molar-refractivity contribution is -0.385. The summed E-state index contributed by atoms with van der Waals surface area (Å²) in [5.74, 6) is 0.456. The lowest BCUT2D eigenvalue weighted by Gasteiger charge is -2.04. The van der Waals surface area contributed by atoms with Crippen LogP contribution in [0.1, 0.15) is 5.56 Å². The first-order valence-corrected chi connectivity index (χ1v) is 6.99. The number of thioether (sulfide) groups is 1. The van der Waals surface area contributed by atoms with Crippen molar-refractivity contribution in [1.29, 1.82) is 0 Å². The topological polar surface area (TPSA) is 81.9 Å². The number of nitro benzene ring substituents is 1. The maximum atomic E-state index is 12.0. The van der Waals surface area contributed by atoms with E-state index in [1.165, 1.54) is 23.1 Å². The minimum absolute atomic E-state index is 0.0208. The fourth-order valence-corrected chi connectivity index (χ4v) is 3.08. The smallest absolute Gasteiger partial charge is 0.280 e. The number of ether oxygens (including phenoxy) is 2. The Kier molecular flexibility index (Phi) is 3.30. The molecule has 1 amide bonds. The summed E-state index contributed by atoms with van der Waals surface area (Å²) in [6.45, 7) is 0.0208. The van der Waals surface area contributed by atoms with Crippen molar-refractivity contribution in [2.45, 2.75) is 0 Å². The van der Waals surface area contributed by atoms with Crippen LogP contribution in [0.4, 0.5) is 5.69 Å². The summed E-state index contributed by atoms with van der Waals surface area (Å²) in [6, 6.07) is 2.78. The maximum Gasteiger partial charge on any atom is 0.280 e. The third-order valence-electron chi connectivity index (χ3n) is 2.99. The van der Waals surface area contributed by atoms with Gasteiger partial charge in [0, 0.05) is 7.05 Å². The number of fused-ring (bicyclic) bond motifs is 1. The van der Waals surface area contributed by atoms with Crippen LogP contribution in [-0.2, 0) is 4.79 Å². The number of hydrogen-bond donors (Lipinski definition) is 0. The van der Waals surface area contributed by atoms with Crippen molar-refractivity contribution in [3.8, 4) is 11.5 Å². The Morgan fingerprint density at radius 3 is 2.67 bits per heavy atom. The van der Waals surface area contributed by atoms with E-state index >= 15 is 0 Å². The maximum absolute atomic E-state index is 12.0. The van der Waals surface area contributed by atoms with Gasteiger partial charge in [-0.1, -0.05) is 24.0 Å². The molecule has 0 unspecified atom stereocenters. The number of likely N-dealkylation sites (N-methyl/N-ethyl adjacent to an activating group) is 1. The quantitative estimate of drug-likeness (QED) is 0.357. The van der Waals surface area contributed by atoms with Crippen LogP contribution >= 0.6 is 24.0 Å². The Hall–Kier alpha value is -2.13. The van der Waals surface area contributed by atoms with E-state index in [1.54, 1.807) is 7.05 Å². The largest absolute Gasteiger partial charge is 0.454 e. The summed E-state index contributed by atoms with van der Waals surface area (Å²) in [5.41, 5.74) is 0.124. The van der Waals surface area contributed by atoms with Crippen molar-refractivity contribution >= 4 is 46.0 Å². The number of amides is 1. The Balaban J connectivity index is 2.08. The van der Waals surface area contributed by atoms with E-state index in [-0.39, 0.29) is 24.0 Å². The molecule has 21 heavy (non-hydrogen) atoms. The van der Waals surface area contributed by atoms with Gasteiger partial charge in [0.25, 0.3) is 11.6 Å². The standard InChI is InChI=1S/C12H8N2O5S2/c1-13-11(15)10(21-12(13)20)3-6-2-8-9(19-5-18-8)4-7(6)14(16)17/h2-4H,5H2,1H3. The number of hydrogen-bond acceptors (Lipinski definition) is 7. The second-order valence-electron chi connectivity index (χ2n) is 4.26. The first-order chi connectivity index (χ1) is 9.97. The number of benzene rings is 1. The third-order valence-corrected chi connectivity index (χ3v) is 4.48. The Labute approximate surface area is 128 Å². The Morgan fingerprint density at radius 1 is 1.43 bits per heavy atom. The molecular formula is C12H8N2O5S2. The molecule has 1 aromatic rings. The molecule has 9 heteroatoms. The van der Waals surface area contributed by atoms with Gasteiger partial charge in [-0.25, -0.2) is 0 Å². The van der Waals surface area contributed by atoms with Crippen molar-refractivity contribution in [3.05, 3.63) is 32.7 Å². The average Bonchev–Trinajstić information content (AvgIpc) is 2.98. The summed E-state index contributed by atoms with van der Waals surface area (Å²) in [7, 11) is 1.56. The molecule has 0 aliphatic carbocycles. The second-order valence-corrected chi connectivity index (χ2v) is 5.94. The molecule has 108 valence electrons. The molecule has 0 N–H and O–H groups in total. The van der Waals surface area contributed by atoms with Gasteiger partial charge in [-0.3, -0.25) is 19.8 Å². The molecular weight excluding hydrogens is 316 g/mol. The van der Waals surface area contributed by atoms with Gasteiger partial charge in [-0.15, -0.1) is 0 Å². The zero-order valence-corrected chi connectivity index (χ0v) is 12.3. The molecule has 2 aliphatic heterocycles. The molecule has 2 heterocycles. The Bertz CT molecular complexity index is 716. The van der Waals surface area contributed by atoms with Crippen molar-refractivity contribution in [3.63, 3.8) is 0 Å². The van der Waals surface area contributed by atoms with Gasteiger partial charge in [0.1, 0.15) is 4.32 Å². The normalized spacial score (nSPS) is 18.7. The van der Waals surface area contributed by atoms with E-state index in [4.69, 9.17) is 21.7 Å². The van der Waals surface area contributed by atoms with Gasteiger partial charge >= 0.3 is 0 Å². The van der Waals surface area contributed by atoms with Crippen molar-refractivity contribution in [2.75, 3.05) is 13.8 Å². The molecule has 0 spiro atoms. The monoisotopic (exact) mass is 324 g/mol. The zero-order valence-electron chi connectivity index (χ0n) is 10.7. The van der Waals surface area contributed by atoms with Crippen LogP contribution in [-0.4, -0.2) is 33.9 Å². The Morgan fingerprint density at radius 2 is 2.10 bits per heavy atom. The van der Waals surface area contributed by atoms with E-state index in [0.717, 1.165) is 11.8 Å². The second kappa shape index (κ2) is 5.01. The predicted molar refractivity (Wildman–Crippen MR) is 80.2 cm³/mol. The summed E-state index contributed by atoms with van der Waals surface area (Å²) >= 11 is 6.13. The molecule has 0 saturated carbocycles. The van der Waals surface area contributed by atoms with E-state index < -0.39 is 4.92 Å². The van der Waals surface area contributed by atoms with Crippen LogP contribution in [0.25, 0.3) is 6.08 Å². The van der Waals surface area contributed by atoms with Crippen LogP contribution in [0.3, 0.4) is 0 Å². The SMILES string of the molecule is CN1C(=O)C(=Cc2cc3c(cc2[N+](=O)[O-])OCO3)SC1=S. The van der Waals surface area contributed by atoms with Crippen LogP contribution in [0, 0.1) is 10.1 Å². The van der Waals surface area contributed by atoms with E-state index in [0.29, 0.717) is 20.7 Å². The predicted octanol–water partition coefficient (Wildman–Crippen LogP) is 2.15. The van der Waals surface area contributed by atoms with E-state index in [1.807, 2.05) is 0 Å². The number of thiocarbonyl (C=S) groups is 1. The van der Waals surface area contributed by atoms with Gasteiger partial charge in [-0.05, 0) is 12.1 Å². The van der Waals surface area contributed by atoms with Crippen LogP contribution in [0.5, 0.6) is 11.5 Å². The molecule has 7 nitrogen and oxygen atoms in total. The first kappa shape index (κ1) is 13.8. The number of carbonyl (C=O) groups excluding carboxylic acids is 1. The molecule has 0 atom stereocenters. The highest BCUT2D eigenvalue weighted by Crippen LogP contribution is 2.40. The number of rotatable bonds is 2. The molecule has 2 aliphatic rings.